The van der Waals surface area contributed by atoms with Crippen molar-refractivity contribution in [1.29, 1.82) is 0 Å². The molecule has 0 bridgehead atoms. The highest BCUT2D eigenvalue weighted by atomic mass is 35.5. The molecule has 148 valence electrons. The van der Waals surface area contributed by atoms with E-state index in [-0.39, 0.29) is 24.2 Å². The Bertz CT molecular complexity index is 1060. The highest BCUT2D eigenvalue weighted by Gasteiger charge is 2.61. The van der Waals surface area contributed by atoms with Gasteiger partial charge in [-0.2, -0.15) is 0 Å². The van der Waals surface area contributed by atoms with Gasteiger partial charge in [0.15, 0.2) is 0 Å². The van der Waals surface area contributed by atoms with Crippen molar-refractivity contribution < 1.29 is 9.59 Å². The number of benzene rings is 2. The highest BCUT2D eigenvalue weighted by molar-refractivity contribution is 6.31. The van der Waals surface area contributed by atoms with Crippen LogP contribution in [0.1, 0.15) is 42.7 Å². The van der Waals surface area contributed by atoms with Gasteiger partial charge in [0.25, 0.3) is 0 Å². The molecular weight excluding hydrogens is 407 g/mol. The minimum absolute atomic E-state index is 0.0476. The highest BCUT2D eigenvalue weighted by Crippen LogP contribution is 2.55. The zero-order chi connectivity index (χ0) is 20.2. The van der Waals surface area contributed by atoms with E-state index in [4.69, 9.17) is 23.2 Å². The fraction of sp³-hybridized carbons (Fsp3) is 0.304. The number of anilines is 1. The smallest absolute Gasteiger partial charge is 0.238 e. The Balaban J connectivity index is 1.78. The number of carbonyl (C=O) groups is 2. The fourth-order valence-corrected chi connectivity index (χ4v) is 5.66. The molecule has 1 fully saturated rings. The fourth-order valence-electron chi connectivity index (χ4n) is 5.29. The summed E-state index contributed by atoms with van der Waals surface area (Å²) >= 11 is 12.5. The lowest BCUT2D eigenvalue weighted by Crippen LogP contribution is -2.62. The molecule has 2 amide bonds. The van der Waals surface area contributed by atoms with Gasteiger partial charge in [0, 0.05) is 28.1 Å². The second-order valence-electron chi connectivity index (χ2n) is 8.00. The van der Waals surface area contributed by atoms with Gasteiger partial charge in [0.05, 0.1) is 6.04 Å². The SMILES string of the molecule is O=C1CC(c2cccc(Cl)c2)C2(C(=O)Nc3cc(Cl)ccc32)C(C2=CCCC2)N1. The van der Waals surface area contributed by atoms with E-state index in [1.165, 1.54) is 0 Å². The molecule has 5 rings (SSSR count). The zero-order valence-electron chi connectivity index (χ0n) is 15.7. The number of hydrogen-bond acceptors (Lipinski definition) is 2. The first-order valence-corrected chi connectivity index (χ1v) is 10.6. The van der Waals surface area contributed by atoms with Crippen molar-refractivity contribution >= 4 is 40.7 Å². The van der Waals surface area contributed by atoms with Gasteiger partial charge in [-0.25, -0.2) is 0 Å². The molecule has 0 radical (unpaired) electrons. The Hall–Kier alpha value is -2.30. The van der Waals surface area contributed by atoms with Crippen molar-refractivity contribution in [1.82, 2.24) is 5.32 Å². The topological polar surface area (TPSA) is 58.2 Å². The molecule has 2 heterocycles. The van der Waals surface area contributed by atoms with Crippen LogP contribution in [0.4, 0.5) is 5.69 Å². The van der Waals surface area contributed by atoms with E-state index in [0.29, 0.717) is 15.7 Å². The average molecular weight is 427 g/mol. The van der Waals surface area contributed by atoms with Gasteiger partial charge in [-0.05, 0) is 54.7 Å². The summed E-state index contributed by atoms with van der Waals surface area (Å²) in [4.78, 5) is 26.5. The molecule has 6 heteroatoms. The maximum absolute atomic E-state index is 13.7. The van der Waals surface area contributed by atoms with Crippen molar-refractivity contribution in [3.8, 4) is 0 Å². The molecule has 29 heavy (non-hydrogen) atoms. The number of carbonyl (C=O) groups excluding carboxylic acids is 2. The number of halogens is 2. The lowest BCUT2D eigenvalue weighted by atomic mass is 9.59. The predicted octanol–water partition coefficient (Wildman–Crippen LogP) is 4.97. The van der Waals surface area contributed by atoms with E-state index in [9.17, 15) is 9.59 Å². The van der Waals surface area contributed by atoms with Crippen molar-refractivity contribution in [2.24, 2.45) is 0 Å². The van der Waals surface area contributed by atoms with Gasteiger partial charge in [-0.3, -0.25) is 9.59 Å². The largest absolute Gasteiger partial charge is 0.348 e. The molecule has 2 aromatic rings. The molecule has 3 atom stereocenters. The molecule has 0 aromatic heterocycles. The summed E-state index contributed by atoms with van der Waals surface area (Å²) in [6.07, 6.45) is 5.28. The number of fused-ring (bicyclic) bond motifs is 2. The van der Waals surface area contributed by atoms with Crippen LogP contribution in [-0.2, 0) is 15.0 Å². The van der Waals surface area contributed by atoms with E-state index in [2.05, 4.69) is 16.7 Å². The molecule has 0 saturated carbocycles. The van der Waals surface area contributed by atoms with E-state index in [1.807, 2.05) is 30.3 Å². The van der Waals surface area contributed by atoms with Crippen molar-refractivity contribution in [3.05, 3.63) is 75.3 Å². The molecule has 2 aliphatic heterocycles. The molecule has 1 saturated heterocycles. The second-order valence-corrected chi connectivity index (χ2v) is 8.87. The molecule has 1 aliphatic carbocycles. The van der Waals surface area contributed by atoms with E-state index >= 15 is 0 Å². The molecule has 4 nitrogen and oxygen atoms in total. The van der Waals surface area contributed by atoms with Crippen LogP contribution >= 0.6 is 23.2 Å². The molecular formula is C23H20Cl2N2O2. The third-order valence-corrected chi connectivity index (χ3v) is 6.92. The number of nitrogens with one attached hydrogen (secondary N) is 2. The quantitative estimate of drug-likeness (QED) is 0.666. The van der Waals surface area contributed by atoms with Gasteiger partial charge >= 0.3 is 0 Å². The summed E-state index contributed by atoms with van der Waals surface area (Å²) in [5.41, 5.74) is 2.69. The number of hydrogen-bond donors (Lipinski definition) is 2. The van der Waals surface area contributed by atoms with Crippen molar-refractivity contribution in [2.75, 3.05) is 5.32 Å². The number of piperidine rings is 1. The van der Waals surface area contributed by atoms with Gasteiger partial charge < -0.3 is 10.6 Å². The van der Waals surface area contributed by atoms with Crippen LogP contribution in [0, 0.1) is 0 Å². The van der Waals surface area contributed by atoms with Gasteiger partial charge in [0.1, 0.15) is 5.41 Å². The minimum Gasteiger partial charge on any atom is -0.348 e. The van der Waals surface area contributed by atoms with Crippen molar-refractivity contribution in [3.63, 3.8) is 0 Å². The van der Waals surface area contributed by atoms with E-state index < -0.39 is 11.5 Å². The standard InChI is InChI=1S/C23H20Cl2N2O2/c24-15-7-3-6-14(10-15)18-12-20(28)27-21(13-4-1-2-5-13)23(18)17-9-8-16(25)11-19(17)26-22(23)29/h3-4,6-11,18,21H,1-2,5,12H2,(H,26,29)(H,27,28). The first-order chi connectivity index (χ1) is 14.0. The Morgan fingerprint density at radius 1 is 1.03 bits per heavy atom. The number of amides is 2. The van der Waals surface area contributed by atoms with Crippen LogP contribution in [0.15, 0.2) is 54.1 Å². The normalized spacial score (nSPS) is 28.1. The molecule has 2 N–H and O–H groups in total. The lowest BCUT2D eigenvalue weighted by molar-refractivity contribution is -0.130. The van der Waals surface area contributed by atoms with Crippen LogP contribution in [0.25, 0.3) is 0 Å². The van der Waals surface area contributed by atoms with Gasteiger partial charge in [-0.1, -0.05) is 53.1 Å². The first kappa shape index (κ1) is 18.7. The summed E-state index contributed by atoms with van der Waals surface area (Å²) < 4.78 is 0. The van der Waals surface area contributed by atoms with Gasteiger partial charge in [0.2, 0.25) is 11.8 Å². The van der Waals surface area contributed by atoms with Crippen LogP contribution in [0.3, 0.4) is 0 Å². The summed E-state index contributed by atoms with van der Waals surface area (Å²) in [5.74, 6) is -0.477. The minimum atomic E-state index is -0.936. The molecule has 2 aromatic carbocycles. The van der Waals surface area contributed by atoms with E-state index in [0.717, 1.165) is 36.0 Å². The summed E-state index contributed by atoms with van der Waals surface area (Å²) in [6, 6.07) is 12.6. The molecule has 3 aliphatic rings. The molecule has 1 spiro atoms. The zero-order valence-corrected chi connectivity index (χ0v) is 17.2. The van der Waals surface area contributed by atoms with E-state index in [1.54, 1.807) is 12.1 Å². The maximum Gasteiger partial charge on any atom is 0.238 e. The Kier molecular flexibility index (Phi) is 4.45. The maximum atomic E-state index is 13.7. The van der Waals surface area contributed by atoms with Crippen LogP contribution in [0.5, 0.6) is 0 Å². The lowest BCUT2D eigenvalue weighted by Gasteiger charge is -2.47. The third-order valence-electron chi connectivity index (χ3n) is 6.45. The summed E-state index contributed by atoms with van der Waals surface area (Å²) in [5, 5.41) is 7.36. The Morgan fingerprint density at radius 2 is 1.86 bits per heavy atom. The molecule has 3 unspecified atom stereocenters. The van der Waals surface area contributed by atoms with Gasteiger partial charge in [-0.15, -0.1) is 0 Å². The predicted molar refractivity (Wildman–Crippen MR) is 114 cm³/mol. The average Bonchev–Trinajstić information content (AvgIpc) is 3.31. The number of rotatable bonds is 2. The summed E-state index contributed by atoms with van der Waals surface area (Å²) in [7, 11) is 0. The number of allylic oxidation sites excluding steroid dienone is 1. The third kappa shape index (κ3) is 2.81. The Labute approximate surface area is 179 Å². The van der Waals surface area contributed by atoms with Crippen LogP contribution < -0.4 is 10.6 Å². The van der Waals surface area contributed by atoms with Crippen molar-refractivity contribution in [2.45, 2.75) is 43.1 Å². The second kappa shape index (κ2) is 6.89. The Morgan fingerprint density at radius 3 is 2.62 bits per heavy atom. The van der Waals surface area contributed by atoms with Crippen LogP contribution in [0.2, 0.25) is 10.0 Å². The van der Waals surface area contributed by atoms with Crippen LogP contribution in [-0.4, -0.2) is 17.9 Å². The first-order valence-electron chi connectivity index (χ1n) is 9.85. The monoisotopic (exact) mass is 426 g/mol. The summed E-state index contributed by atoms with van der Waals surface area (Å²) in [6.45, 7) is 0.